The third-order valence-corrected chi connectivity index (χ3v) is 9.35. The molecule has 2 rings (SSSR count). The van der Waals surface area contributed by atoms with E-state index in [1.54, 1.807) is 14.7 Å². The molecular weight excluding hydrogens is 821 g/mol. The Balaban J connectivity index is -0.000000862. The molecule has 3 amide bonds. The average molecular weight is 905 g/mol. The molecule has 8 N–H and O–H groups in total. The minimum absolute atomic E-state index is 0.128. The van der Waals surface area contributed by atoms with Crippen LogP contribution in [-0.2, 0) is 38.4 Å². The van der Waals surface area contributed by atoms with Crippen LogP contribution in [0.1, 0.15) is 106 Å². The quantitative estimate of drug-likeness (QED) is 0.0599. The van der Waals surface area contributed by atoms with E-state index < -0.39 is 23.9 Å². The Morgan fingerprint density at radius 1 is 0.619 bits per heavy atom. The second-order valence-electron chi connectivity index (χ2n) is 16.0. The first kappa shape index (κ1) is 63.1. The number of carboxylic acid groups (broad SMARTS) is 4. The molecule has 1 aliphatic heterocycles. The fourth-order valence-electron chi connectivity index (χ4n) is 5.94. The van der Waals surface area contributed by atoms with Gasteiger partial charge in [0, 0.05) is 96.8 Å². The summed E-state index contributed by atoms with van der Waals surface area (Å²) < 4.78 is 0. The molecule has 1 aliphatic carbocycles. The van der Waals surface area contributed by atoms with Gasteiger partial charge in [0.15, 0.2) is 0 Å². The molecule has 63 heavy (non-hydrogen) atoms. The minimum Gasteiger partial charge on any atom is -0.481 e. The Morgan fingerprint density at radius 3 is 1.33 bits per heavy atom. The molecule has 2 aliphatic rings. The van der Waals surface area contributed by atoms with E-state index in [9.17, 15) is 38.4 Å². The Labute approximate surface area is 376 Å². The molecule has 20 heteroatoms. The zero-order valence-electron chi connectivity index (χ0n) is 39.4. The lowest BCUT2D eigenvalue weighted by Crippen LogP contribution is -2.49. The molecule has 0 aromatic heterocycles. The fourth-order valence-corrected chi connectivity index (χ4v) is 5.94. The van der Waals surface area contributed by atoms with E-state index in [1.807, 2.05) is 32.6 Å². The van der Waals surface area contributed by atoms with Crippen molar-refractivity contribution in [2.45, 2.75) is 112 Å². The molecular formula is C43H84N8O12. The minimum atomic E-state index is -0.997. The molecule has 368 valence electrons. The van der Waals surface area contributed by atoms with E-state index in [-0.39, 0.29) is 43.9 Å². The van der Waals surface area contributed by atoms with Crippen molar-refractivity contribution in [3.63, 3.8) is 0 Å². The number of nitrogens with zero attached hydrogens (tertiary/aromatic N) is 4. The zero-order valence-corrected chi connectivity index (χ0v) is 39.4. The number of hydrogen-bond donors (Lipinski definition) is 8. The first-order valence-corrected chi connectivity index (χ1v) is 22.5. The van der Waals surface area contributed by atoms with Gasteiger partial charge in [-0.3, -0.25) is 53.2 Å². The maximum atomic E-state index is 11.8. The van der Waals surface area contributed by atoms with Gasteiger partial charge in [0.2, 0.25) is 18.2 Å². The number of rotatable bonds is 21. The highest BCUT2D eigenvalue weighted by molar-refractivity contribution is 5.78. The van der Waals surface area contributed by atoms with Gasteiger partial charge in [-0.05, 0) is 45.6 Å². The molecule has 0 unspecified atom stereocenters. The van der Waals surface area contributed by atoms with Crippen molar-refractivity contribution in [2.24, 2.45) is 11.8 Å². The third kappa shape index (κ3) is 45.6. The largest absolute Gasteiger partial charge is 0.481 e. The highest BCUT2D eigenvalue weighted by Gasteiger charge is 2.21. The number of hydrogen-bond acceptors (Lipinski definition) is 13. The van der Waals surface area contributed by atoms with Crippen LogP contribution in [0.25, 0.3) is 0 Å². The van der Waals surface area contributed by atoms with Gasteiger partial charge in [0.25, 0.3) is 0 Å². The van der Waals surface area contributed by atoms with Crippen molar-refractivity contribution in [1.29, 1.82) is 0 Å². The summed E-state index contributed by atoms with van der Waals surface area (Å²) in [6.07, 6.45) is 12.1. The summed E-state index contributed by atoms with van der Waals surface area (Å²) in [6.45, 7) is 17.1. The van der Waals surface area contributed by atoms with Gasteiger partial charge in [-0.2, -0.15) is 0 Å². The Kier molecular flexibility index (Phi) is 43.1. The first-order valence-electron chi connectivity index (χ1n) is 22.5. The lowest BCUT2D eigenvalue weighted by Gasteiger charge is -2.32. The van der Waals surface area contributed by atoms with Crippen LogP contribution in [-0.4, -0.2) is 200 Å². The fraction of sp³-hybridized carbons (Fsp3) is 0.814. The number of amides is 3. The molecule has 0 aromatic carbocycles. The second-order valence-corrected chi connectivity index (χ2v) is 16.0. The van der Waals surface area contributed by atoms with Gasteiger partial charge >= 0.3 is 23.9 Å². The molecule has 20 nitrogen and oxygen atoms in total. The molecule has 1 heterocycles. The lowest BCUT2D eigenvalue weighted by atomic mass is 9.89. The van der Waals surface area contributed by atoms with E-state index >= 15 is 0 Å². The average Bonchev–Trinajstić information content (AvgIpc) is 3.22. The number of carbonyl (C=O) groups is 8. The smallest absolute Gasteiger partial charge is 0.317 e. The van der Waals surface area contributed by atoms with Gasteiger partial charge in [-0.25, -0.2) is 0 Å². The summed E-state index contributed by atoms with van der Waals surface area (Å²) in [4.78, 5) is 92.5. The summed E-state index contributed by atoms with van der Waals surface area (Å²) in [5.41, 5.74) is 0. The lowest BCUT2D eigenvalue weighted by molar-refractivity contribution is -0.140. The van der Waals surface area contributed by atoms with Gasteiger partial charge < -0.3 is 46.5 Å². The maximum Gasteiger partial charge on any atom is 0.317 e. The van der Waals surface area contributed by atoms with Crippen LogP contribution < -0.4 is 21.3 Å². The predicted molar refractivity (Wildman–Crippen MR) is 242 cm³/mol. The third-order valence-electron chi connectivity index (χ3n) is 9.35. The van der Waals surface area contributed by atoms with Crippen LogP contribution in [0.3, 0.4) is 0 Å². The van der Waals surface area contributed by atoms with Gasteiger partial charge in [0.05, 0.1) is 26.2 Å². The van der Waals surface area contributed by atoms with Gasteiger partial charge in [-0.1, -0.05) is 60.3 Å². The first-order chi connectivity index (χ1) is 29.8. The molecule has 0 radical (unpaired) electrons. The molecule has 0 bridgehead atoms. The molecule has 1 saturated carbocycles. The molecule has 0 spiro atoms. The standard InChI is InChI=1S/C17H31N5O7.C9H20N2O.C9H17NO.C4H8O2.C4H8O/c1-18-14(23)10-19-2-4-20(11-15(24)25)6-8-22(13-17(28)29)9-7-21(5-3-19)12-16(26)27;1-9(2)11-7-5-3-4-6-10-8-12;1-2-10-9(11)8-6-4-3-5-7-8;1-2-3-4(5)6;1-4(2)3-5/h2-13H2,1H3,(H,18,23)(H,24,25)(H,26,27)(H,28,29);8-9,11H,3-7H2,1-2H3,(H,10,12);8H,2-7H2,1H3,(H,10,11);2-3H2,1H3,(H,5,6);3-4H,1-2H3. The van der Waals surface area contributed by atoms with E-state index in [2.05, 4.69) is 35.1 Å². The van der Waals surface area contributed by atoms with Crippen molar-refractivity contribution in [1.82, 2.24) is 40.9 Å². The van der Waals surface area contributed by atoms with Crippen molar-refractivity contribution in [3.8, 4) is 0 Å². The normalized spacial score (nSPS) is 15.6. The molecule has 0 aromatic rings. The summed E-state index contributed by atoms with van der Waals surface area (Å²) in [7, 11) is 1.53. The molecule has 0 atom stereocenters. The van der Waals surface area contributed by atoms with E-state index in [0.29, 0.717) is 70.7 Å². The summed E-state index contributed by atoms with van der Waals surface area (Å²) >= 11 is 0. The highest BCUT2D eigenvalue weighted by Crippen LogP contribution is 2.23. The number of carbonyl (C=O) groups excluding carboxylic acids is 4. The second kappa shape index (κ2) is 43.0. The van der Waals surface area contributed by atoms with Crippen molar-refractivity contribution < 1.29 is 58.8 Å². The number of aldehydes is 1. The summed E-state index contributed by atoms with van der Waals surface area (Å²) in [6, 6.07) is 0.582. The van der Waals surface area contributed by atoms with Crippen LogP contribution in [0, 0.1) is 11.8 Å². The topological polar surface area (TPSA) is 279 Å². The van der Waals surface area contributed by atoms with Crippen molar-refractivity contribution >= 4 is 48.4 Å². The number of aliphatic carboxylic acids is 4. The molecule has 1 saturated heterocycles. The number of nitrogens with one attached hydrogen (secondary N) is 4. The maximum absolute atomic E-state index is 11.8. The number of likely N-dealkylation sites (N-methyl/N-ethyl adjacent to an activating group) is 1. The van der Waals surface area contributed by atoms with E-state index in [0.717, 1.165) is 58.0 Å². The number of unbranched alkanes of at least 4 members (excludes halogenated alkanes) is 2. The summed E-state index contributed by atoms with van der Waals surface area (Å²) in [5, 5.41) is 46.7. The highest BCUT2D eigenvalue weighted by atomic mass is 16.4. The summed E-state index contributed by atoms with van der Waals surface area (Å²) in [5.74, 6) is -3.05. The van der Waals surface area contributed by atoms with Crippen LogP contribution in [0.5, 0.6) is 0 Å². The van der Waals surface area contributed by atoms with Crippen LogP contribution >= 0.6 is 0 Å². The zero-order chi connectivity index (χ0) is 48.4. The van der Waals surface area contributed by atoms with Crippen LogP contribution in [0.2, 0.25) is 0 Å². The van der Waals surface area contributed by atoms with Crippen molar-refractivity contribution in [3.05, 3.63) is 0 Å². The predicted octanol–water partition coefficient (Wildman–Crippen LogP) is 1.52. The monoisotopic (exact) mass is 905 g/mol. The Morgan fingerprint density at radius 2 is 1.03 bits per heavy atom. The van der Waals surface area contributed by atoms with Crippen molar-refractivity contribution in [2.75, 3.05) is 105 Å². The van der Waals surface area contributed by atoms with Gasteiger partial charge in [-0.15, -0.1) is 0 Å². The Hall–Kier alpha value is -4.24. The van der Waals surface area contributed by atoms with Crippen LogP contribution in [0.15, 0.2) is 0 Å². The van der Waals surface area contributed by atoms with E-state index in [4.69, 9.17) is 20.4 Å². The number of carboxylic acids is 4. The molecule has 2 fully saturated rings. The van der Waals surface area contributed by atoms with E-state index in [1.165, 1.54) is 39.2 Å². The van der Waals surface area contributed by atoms with Crippen LogP contribution in [0.4, 0.5) is 0 Å². The SMILES string of the molecule is CC(C)C=O.CC(C)NCCCCCNC=O.CCCC(=O)O.CCNC(=O)C1CCCCC1.CNC(=O)CN1CCN(CC(=O)O)CCN(CC(=O)O)CCN(CC(=O)O)CC1. The van der Waals surface area contributed by atoms with Gasteiger partial charge in [0.1, 0.15) is 6.29 Å². The Bertz CT molecular complexity index is 1210.